The SMILES string of the molecule is CCC(CC)C(=O)OC(C)CCO. The van der Waals surface area contributed by atoms with Crippen LogP contribution in [0.25, 0.3) is 0 Å². The van der Waals surface area contributed by atoms with Gasteiger partial charge in [-0.2, -0.15) is 0 Å². The van der Waals surface area contributed by atoms with Gasteiger partial charge in [0.2, 0.25) is 0 Å². The molecule has 0 spiro atoms. The van der Waals surface area contributed by atoms with Gasteiger partial charge in [0.25, 0.3) is 0 Å². The molecule has 0 aliphatic rings. The van der Waals surface area contributed by atoms with Gasteiger partial charge < -0.3 is 9.84 Å². The van der Waals surface area contributed by atoms with Gasteiger partial charge in [-0.15, -0.1) is 0 Å². The van der Waals surface area contributed by atoms with Gasteiger partial charge >= 0.3 is 5.97 Å². The van der Waals surface area contributed by atoms with Crippen molar-refractivity contribution in [1.82, 2.24) is 0 Å². The van der Waals surface area contributed by atoms with Crippen LogP contribution in [0.3, 0.4) is 0 Å². The van der Waals surface area contributed by atoms with Crippen molar-refractivity contribution in [3.05, 3.63) is 0 Å². The van der Waals surface area contributed by atoms with Crippen molar-refractivity contribution in [3.8, 4) is 0 Å². The largest absolute Gasteiger partial charge is 0.462 e. The Labute approximate surface area is 80.1 Å². The van der Waals surface area contributed by atoms with E-state index in [2.05, 4.69) is 0 Å². The summed E-state index contributed by atoms with van der Waals surface area (Å²) >= 11 is 0. The van der Waals surface area contributed by atoms with Gasteiger partial charge in [-0.3, -0.25) is 4.79 Å². The van der Waals surface area contributed by atoms with E-state index in [-0.39, 0.29) is 24.6 Å². The molecule has 0 heterocycles. The highest BCUT2D eigenvalue weighted by Crippen LogP contribution is 2.11. The van der Waals surface area contributed by atoms with Crippen LogP contribution in [0.1, 0.15) is 40.0 Å². The first-order valence-corrected chi connectivity index (χ1v) is 4.97. The molecule has 0 rings (SSSR count). The number of carbonyl (C=O) groups excluding carboxylic acids is 1. The van der Waals surface area contributed by atoms with Crippen LogP contribution in [0.15, 0.2) is 0 Å². The second-order valence-electron chi connectivity index (χ2n) is 3.27. The van der Waals surface area contributed by atoms with E-state index in [1.165, 1.54) is 0 Å². The highest BCUT2D eigenvalue weighted by molar-refractivity contribution is 5.72. The predicted molar refractivity (Wildman–Crippen MR) is 51.3 cm³/mol. The lowest BCUT2D eigenvalue weighted by Crippen LogP contribution is -2.22. The van der Waals surface area contributed by atoms with E-state index in [0.29, 0.717) is 6.42 Å². The van der Waals surface area contributed by atoms with E-state index in [4.69, 9.17) is 9.84 Å². The zero-order chi connectivity index (χ0) is 10.3. The molecule has 13 heavy (non-hydrogen) atoms. The molecule has 0 amide bonds. The Bertz CT molecular complexity index is 141. The fraction of sp³-hybridized carbons (Fsp3) is 0.900. The van der Waals surface area contributed by atoms with Crippen LogP contribution in [0.2, 0.25) is 0 Å². The van der Waals surface area contributed by atoms with Crippen LogP contribution in [0.4, 0.5) is 0 Å². The molecule has 3 nitrogen and oxygen atoms in total. The summed E-state index contributed by atoms with van der Waals surface area (Å²) in [4.78, 5) is 11.4. The molecule has 1 atom stereocenters. The zero-order valence-electron chi connectivity index (χ0n) is 8.75. The Balaban J connectivity index is 3.83. The van der Waals surface area contributed by atoms with Gasteiger partial charge in [0.05, 0.1) is 5.92 Å². The van der Waals surface area contributed by atoms with Crippen molar-refractivity contribution in [3.63, 3.8) is 0 Å². The third-order valence-electron chi connectivity index (χ3n) is 2.17. The molecule has 0 aromatic rings. The van der Waals surface area contributed by atoms with Crippen LogP contribution in [-0.4, -0.2) is 23.8 Å². The average Bonchev–Trinajstić information content (AvgIpc) is 2.06. The first kappa shape index (κ1) is 12.4. The van der Waals surface area contributed by atoms with Crippen LogP contribution in [-0.2, 0) is 9.53 Å². The van der Waals surface area contributed by atoms with E-state index in [1.54, 1.807) is 6.92 Å². The van der Waals surface area contributed by atoms with Crippen LogP contribution in [0, 0.1) is 5.92 Å². The molecule has 0 aliphatic heterocycles. The first-order chi connectivity index (χ1) is 6.15. The van der Waals surface area contributed by atoms with Gasteiger partial charge in [-0.25, -0.2) is 0 Å². The third kappa shape index (κ3) is 4.88. The van der Waals surface area contributed by atoms with Gasteiger partial charge in [0.15, 0.2) is 0 Å². The maximum Gasteiger partial charge on any atom is 0.309 e. The Morgan fingerprint density at radius 2 is 1.92 bits per heavy atom. The monoisotopic (exact) mass is 188 g/mol. The number of hydrogen-bond donors (Lipinski definition) is 1. The standard InChI is InChI=1S/C10H20O3/c1-4-9(5-2)10(12)13-8(3)6-7-11/h8-9,11H,4-7H2,1-3H3. The summed E-state index contributed by atoms with van der Waals surface area (Å²) in [5, 5.41) is 8.61. The van der Waals surface area contributed by atoms with E-state index in [9.17, 15) is 4.79 Å². The van der Waals surface area contributed by atoms with Crippen molar-refractivity contribution in [2.75, 3.05) is 6.61 Å². The molecule has 0 radical (unpaired) electrons. The smallest absolute Gasteiger partial charge is 0.309 e. The number of hydrogen-bond acceptors (Lipinski definition) is 3. The topological polar surface area (TPSA) is 46.5 Å². The van der Waals surface area contributed by atoms with Crippen molar-refractivity contribution >= 4 is 5.97 Å². The van der Waals surface area contributed by atoms with E-state index < -0.39 is 0 Å². The number of rotatable bonds is 6. The Morgan fingerprint density at radius 3 is 2.31 bits per heavy atom. The van der Waals surface area contributed by atoms with Crippen LogP contribution >= 0.6 is 0 Å². The lowest BCUT2D eigenvalue weighted by Gasteiger charge is -2.16. The number of carbonyl (C=O) groups is 1. The predicted octanol–water partition coefficient (Wildman–Crippen LogP) is 1.74. The number of ether oxygens (including phenoxy) is 1. The molecule has 0 bridgehead atoms. The molecule has 0 saturated heterocycles. The molecule has 0 aromatic carbocycles. The van der Waals surface area contributed by atoms with Crippen molar-refractivity contribution < 1.29 is 14.6 Å². The quantitative estimate of drug-likeness (QED) is 0.646. The Morgan fingerprint density at radius 1 is 1.38 bits per heavy atom. The van der Waals surface area contributed by atoms with Gasteiger partial charge in [-0.1, -0.05) is 13.8 Å². The summed E-state index contributed by atoms with van der Waals surface area (Å²) in [7, 11) is 0. The molecule has 1 unspecified atom stereocenters. The lowest BCUT2D eigenvalue weighted by molar-refractivity contribution is -0.154. The fourth-order valence-electron chi connectivity index (χ4n) is 1.16. The summed E-state index contributed by atoms with van der Waals surface area (Å²) in [5.74, 6) is -0.118. The van der Waals surface area contributed by atoms with Crippen LogP contribution in [0.5, 0.6) is 0 Å². The maximum absolute atomic E-state index is 11.4. The summed E-state index contributed by atoms with van der Waals surface area (Å²) in [5.41, 5.74) is 0. The summed E-state index contributed by atoms with van der Waals surface area (Å²) in [6.07, 6.45) is 1.99. The lowest BCUT2D eigenvalue weighted by atomic mass is 10.0. The third-order valence-corrected chi connectivity index (χ3v) is 2.17. The minimum absolute atomic E-state index is 0.0149. The summed E-state index contributed by atoms with van der Waals surface area (Å²) in [6.45, 7) is 5.83. The molecule has 0 fully saturated rings. The summed E-state index contributed by atoms with van der Waals surface area (Å²) < 4.78 is 5.14. The minimum Gasteiger partial charge on any atom is -0.462 e. The van der Waals surface area contributed by atoms with E-state index >= 15 is 0 Å². The second-order valence-corrected chi connectivity index (χ2v) is 3.27. The molecule has 1 N–H and O–H groups in total. The number of esters is 1. The normalized spacial score (nSPS) is 13.0. The number of aliphatic hydroxyl groups excluding tert-OH is 1. The average molecular weight is 188 g/mol. The second kappa shape index (κ2) is 6.89. The van der Waals surface area contributed by atoms with Gasteiger partial charge in [0, 0.05) is 13.0 Å². The highest BCUT2D eigenvalue weighted by atomic mass is 16.5. The van der Waals surface area contributed by atoms with Gasteiger partial charge in [-0.05, 0) is 19.8 Å². The molecular weight excluding hydrogens is 168 g/mol. The molecule has 78 valence electrons. The van der Waals surface area contributed by atoms with Crippen molar-refractivity contribution in [2.24, 2.45) is 5.92 Å². The first-order valence-electron chi connectivity index (χ1n) is 4.97. The molecule has 0 saturated carbocycles. The Kier molecular flexibility index (Phi) is 6.59. The maximum atomic E-state index is 11.4. The number of aliphatic hydroxyl groups is 1. The minimum atomic E-state index is -0.168. The van der Waals surface area contributed by atoms with Crippen molar-refractivity contribution in [2.45, 2.75) is 46.1 Å². The molecule has 3 heteroatoms. The zero-order valence-corrected chi connectivity index (χ0v) is 8.75. The van der Waals surface area contributed by atoms with E-state index in [1.807, 2.05) is 13.8 Å². The highest BCUT2D eigenvalue weighted by Gasteiger charge is 2.17. The summed E-state index contributed by atoms with van der Waals surface area (Å²) in [6, 6.07) is 0. The molecule has 0 aliphatic carbocycles. The fourth-order valence-corrected chi connectivity index (χ4v) is 1.16. The van der Waals surface area contributed by atoms with Crippen LogP contribution < -0.4 is 0 Å². The van der Waals surface area contributed by atoms with Crippen molar-refractivity contribution in [1.29, 1.82) is 0 Å². The Hall–Kier alpha value is -0.570. The van der Waals surface area contributed by atoms with Gasteiger partial charge in [0.1, 0.15) is 6.10 Å². The molecular formula is C10H20O3. The molecule has 0 aromatic heterocycles. The van der Waals surface area contributed by atoms with E-state index in [0.717, 1.165) is 12.8 Å².